The molecule has 124 valence electrons. The molecule has 1 aromatic heterocycles. The minimum absolute atomic E-state index is 0.168. The highest BCUT2D eigenvalue weighted by molar-refractivity contribution is 6.11. The zero-order chi connectivity index (χ0) is 17.2. The van der Waals surface area contributed by atoms with Crippen molar-refractivity contribution in [2.75, 3.05) is 23.8 Å². The van der Waals surface area contributed by atoms with Gasteiger partial charge in [0.05, 0.1) is 23.5 Å². The van der Waals surface area contributed by atoms with Crippen molar-refractivity contribution in [3.63, 3.8) is 0 Å². The van der Waals surface area contributed by atoms with Gasteiger partial charge < -0.3 is 15.4 Å². The van der Waals surface area contributed by atoms with Crippen LogP contribution in [0.3, 0.4) is 0 Å². The number of anilines is 2. The summed E-state index contributed by atoms with van der Waals surface area (Å²) in [5.41, 5.74) is 9.61. The van der Waals surface area contributed by atoms with Gasteiger partial charge in [0.25, 0.3) is 5.91 Å². The van der Waals surface area contributed by atoms with E-state index in [1.165, 1.54) is 6.20 Å². The number of hydrogen-bond donors (Lipinski definition) is 1. The molecule has 3 aromatic rings. The summed E-state index contributed by atoms with van der Waals surface area (Å²) in [6, 6.07) is 17.2. The monoisotopic (exact) mass is 331 g/mol. The molecule has 0 fully saturated rings. The average Bonchev–Trinajstić information content (AvgIpc) is 2.68. The normalized spacial score (nSPS) is 13.0. The Kier molecular flexibility index (Phi) is 3.82. The molecule has 0 aliphatic carbocycles. The van der Waals surface area contributed by atoms with Crippen LogP contribution < -0.4 is 15.4 Å². The molecule has 0 atom stereocenters. The lowest BCUT2D eigenvalue weighted by molar-refractivity contribution is 0.0977. The number of benzene rings is 2. The van der Waals surface area contributed by atoms with Crippen molar-refractivity contribution < 1.29 is 9.53 Å². The Morgan fingerprint density at radius 2 is 1.80 bits per heavy atom. The molecule has 1 amide bonds. The predicted octanol–water partition coefficient (Wildman–Crippen LogP) is 3.37. The van der Waals surface area contributed by atoms with E-state index >= 15 is 0 Å². The van der Waals surface area contributed by atoms with Crippen molar-refractivity contribution in [1.82, 2.24) is 4.98 Å². The summed E-state index contributed by atoms with van der Waals surface area (Å²) in [5, 5.41) is 0. The Morgan fingerprint density at radius 1 is 1.04 bits per heavy atom. The maximum atomic E-state index is 13.1. The highest BCUT2D eigenvalue weighted by Gasteiger charge is 2.26. The van der Waals surface area contributed by atoms with E-state index in [0.717, 1.165) is 16.8 Å². The van der Waals surface area contributed by atoms with Gasteiger partial charge in [0.1, 0.15) is 12.4 Å². The number of carbonyl (C=O) groups is 1. The Balaban J connectivity index is 1.75. The van der Waals surface area contributed by atoms with Crippen LogP contribution in [-0.4, -0.2) is 24.0 Å². The summed E-state index contributed by atoms with van der Waals surface area (Å²) in [7, 11) is 0. The molecular formula is C20H17N3O2. The van der Waals surface area contributed by atoms with Gasteiger partial charge in [-0.15, -0.1) is 0 Å². The molecule has 0 saturated heterocycles. The molecule has 0 spiro atoms. The van der Waals surface area contributed by atoms with Crippen LogP contribution in [0.25, 0.3) is 11.1 Å². The fraction of sp³-hybridized carbons (Fsp3) is 0.100. The first-order valence-electron chi connectivity index (χ1n) is 8.08. The standard InChI is InChI=1S/C20H17N3O2/c21-19-15(14-6-2-1-3-7-14)12-22-13-16(19)20(24)23-10-11-25-18-9-5-4-8-17(18)23/h1-9,12-13H,10-11H2,(H2,21,22). The Bertz CT molecular complexity index is 925. The van der Waals surface area contributed by atoms with Gasteiger partial charge in [0.2, 0.25) is 0 Å². The minimum atomic E-state index is -0.168. The lowest BCUT2D eigenvalue weighted by atomic mass is 10.0. The highest BCUT2D eigenvalue weighted by Crippen LogP contribution is 2.34. The number of fused-ring (bicyclic) bond motifs is 1. The second-order valence-electron chi connectivity index (χ2n) is 5.79. The van der Waals surface area contributed by atoms with E-state index in [4.69, 9.17) is 10.5 Å². The number of hydrogen-bond acceptors (Lipinski definition) is 4. The first-order valence-corrected chi connectivity index (χ1v) is 8.08. The third-order valence-corrected chi connectivity index (χ3v) is 4.28. The first kappa shape index (κ1) is 15.2. The van der Waals surface area contributed by atoms with Gasteiger partial charge >= 0.3 is 0 Å². The van der Waals surface area contributed by atoms with Gasteiger partial charge in [0, 0.05) is 18.0 Å². The SMILES string of the molecule is Nc1c(C(=O)N2CCOc3ccccc32)cncc1-c1ccccc1. The summed E-state index contributed by atoms with van der Waals surface area (Å²) >= 11 is 0. The summed E-state index contributed by atoms with van der Waals surface area (Å²) in [5.74, 6) is 0.534. The van der Waals surface area contributed by atoms with Crippen LogP contribution in [0, 0.1) is 0 Å². The molecule has 2 N–H and O–H groups in total. The van der Waals surface area contributed by atoms with E-state index in [0.29, 0.717) is 30.2 Å². The van der Waals surface area contributed by atoms with Crippen molar-refractivity contribution in [1.29, 1.82) is 0 Å². The maximum Gasteiger partial charge on any atom is 0.262 e. The zero-order valence-corrected chi connectivity index (χ0v) is 13.6. The van der Waals surface area contributed by atoms with E-state index < -0.39 is 0 Å². The summed E-state index contributed by atoms with van der Waals surface area (Å²) in [6.07, 6.45) is 3.22. The van der Waals surface area contributed by atoms with E-state index in [1.54, 1.807) is 11.1 Å². The summed E-state index contributed by atoms with van der Waals surface area (Å²) in [6.45, 7) is 0.930. The molecule has 1 aliphatic heterocycles. The largest absolute Gasteiger partial charge is 0.490 e. The minimum Gasteiger partial charge on any atom is -0.490 e. The third-order valence-electron chi connectivity index (χ3n) is 4.28. The Hall–Kier alpha value is -3.34. The van der Waals surface area contributed by atoms with Gasteiger partial charge in [-0.2, -0.15) is 0 Å². The molecule has 1 aliphatic rings. The van der Waals surface area contributed by atoms with Crippen molar-refractivity contribution in [3.8, 4) is 16.9 Å². The molecule has 0 radical (unpaired) electrons. The second-order valence-corrected chi connectivity index (χ2v) is 5.79. The number of nitrogen functional groups attached to an aromatic ring is 1. The van der Waals surface area contributed by atoms with Crippen LogP contribution in [-0.2, 0) is 0 Å². The van der Waals surface area contributed by atoms with Gasteiger partial charge in [-0.1, -0.05) is 42.5 Å². The number of rotatable bonds is 2. The molecule has 2 heterocycles. The molecule has 4 rings (SSSR count). The Morgan fingerprint density at radius 3 is 2.64 bits per heavy atom. The highest BCUT2D eigenvalue weighted by atomic mass is 16.5. The fourth-order valence-corrected chi connectivity index (χ4v) is 3.01. The van der Waals surface area contributed by atoms with Crippen molar-refractivity contribution in [3.05, 3.63) is 72.6 Å². The molecule has 5 heteroatoms. The van der Waals surface area contributed by atoms with Crippen LogP contribution >= 0.6 is 0 Å². The van der Waals surface area contributed by atoms with Gasteiger partial charge in [0.15, 0.2) is 0 Å². The van der Waals surface area contributed by atoms with Gasteiger partial charge in [-0.25, -0.2) is 0 Å². The molecule has 25 heavy (non-hydrogen) atoms. The van der Waals surface area contributed by atoms with Crippen LogP contribution in [0.5, 0.6) is 5.75 Å². The van der Waals surface area contributed by atoms with Crippen LogP contribution in [0.4, 0.5) is 11.4 Å². The van der Waals surface area contributed by atoms with Crippen molar-refractivity contribution in [2.24, 2.45) is 0 Å². The fourth-order valence-electron chi connectivity index (χ4n) is 3.01. The molecule has 0 bridgehead atoms. The second kappa shape index (κ2) is 6.28. The number of pyridine rings is 1. The number of nitrogens with two attached hydrogens (primary N) is 1. The topological polar surface area (TPSA) is 68.5 Å². The molecule has 0 saturated carbocycles. The van der Waals surface area contributed by atoms with Crippen LogP contribution in [0.2, 0.25) is 0 Å². The maximum absolute atomic E-state index is 13.1. The number of amides is 1. The predicted molar refractivity (Wildman–Crippen MR) is 97.7 cm³/mol. The molecular weight excluding hydrogens is 314 g/mol. The van der Waals surface area contributed by atoms with Crippen LogP contribution in [0.15, 0.2) is 67.0 Å². The number of nitrogens with zero attached hydrogens (tertiary/aromatic N) is 2. The number of ether oxygens (including phenoxy) is 1. The number of carbonyl (C=O) groups excluding carboxylic acids is 1. The summed E-state index contributed by atoms with van der Waals surface area (Å²) < 4.78 is 5.62. The first-order chi connectivity index (χ1) is 12.3. The zero-order valence-electron chi connectivity index (χ0n) is 13.6. The van der Waals surface area contributed by atoms with E-state index in [2.05, 4.69) is 4.98 Å². The molecule has 2 aromatic carbocycles. The number of aromatic nitrogens is 1. The summed E-state index contributed by atoms with van der Waals surface area (Å²) in [4.78, 5) is 19.0. The van der Waals surface area contributed by atoms with E-state index in [1.807, 2.05) is 54.6 Å². The smallest absolute Gasteiger partial charge is 0.262 e. The molecule has 5 nitrogen and oxygen atoms in total. The van der Waals surface area contributed by atoms with Crippen molar-refractivity contribution >= 4 is 17.3 Å². The number of para-hydroxylation sites is 2. The lowest BCUT2D eigenvalue weighted by Crippen LogP contribution is -2.38. The molecule has 0 unspecified atom stereocenters. The van der Waals surface area contributed by atoms with E-state index in [-0.39, 0.29) is 5.91 Å². The quantitative estimate of drug-likeness (QED) is 0.782. The van der Waals surface area contributed by atoms with Crippen molar-refractivity contribution in [2.45, 2.75) is 0 Å². The average molecular weight is 331 g/mol. The van der Waals surface area contributed by atoms with Gasteiger partial charge in [-0.3, -0.25) is 9.78 Å². The van der Waals surface area contributed by atoms with E-state index in [9.17, 15) is 4.79 Å². The van der Waals surface area contributed by atoms with Gasteiger partial charge in [-0.05, 0) is 17.7 Å². The Labute approximate surface area is 145 Å². The lowest BCUT2D eigenvalue weighted by Gasteiger charge is -2.29. The van der Waals surface area contributed by atoms with Crippen LogP contribution in [0.1, 0.15) is 10.4 Å². The third kappa shape index (κ3) is 2.70.